The van der Waals surface area contributed by atoms with Crippen molar-refractivity contribution in [1.82, 2.24) is 9.80 Å². The third-order valence-electron chi connectivity index (χ3n) is 4.42. The van der Waals surface area contributed by atoms with Crippen molar-refractivity contribution >= 4 is 34.8 Å². The van der Waals surface area contributed by atoms with Gasteiger partial charge in [0, 0.05) is 17.5 Å². The fourth-order valence-electron chi connectivity index (χ4n) is 2.76. The van der Waals surface area contributed by atoms with Gasteiger partial charge in [0.25, 0.3) is 0 Å². The van der Waals surface area contributed by atoms with Crippen LogP contribution in [0.15, 0.2) is 41.8 Å². The average molecular weight is 407 g/mol. The highest BCUT2D eigenvalue weighted by atomic mass is 35.5. The second-order valence-electron chi connectivity index (χ2n) is 6.94. The Kier molecular flexibility index (Phi) is 7.87. The first kappa shape index (κ1) is 21.5. The number of carbonyl (C=O) groups is 2. The van der Waals surface area contributed by atoms with Crippen molar-refractivity contribution in [2.24, 2.45) is 0 Å². The smallest absolute Gasteiger partial charge is 0.242 e. The van der Waals surface area contributed by atoms with E-state index in [-0.39, 0.29) is 24.4 Å². The summed E-state index contributed by atoms with van der Waals surface area (Å²) in [6.07, 6.45) is 0. The molecular formula is C21H27ClN2O2S. The van der Waals surface area contributed by atoms with E-state index in [1.807, 2.05) is 54.5 Å². The Bertz CT molecular complexity index is 759. The quantitative estimate of drug-likeness (QED) is 0.607. The van der Waals surface area contributed by atoms with Crippen molar-refractivity contribution in [1.29, 1.82) is 0 Å². The molecule has 0 N–H and O–H groups in total. The normalized spacial score (nSPS) is 12.1. The number of aryl methyl sites for hydroxylation is 1. The van der Waals surface area contributed by atoms with Gasteiger partial charge in [-0.05, 0) is 50.3 Å². The fourth-order valence-corrected chi connectivity index (χ4v) is 3.81. The van der Waals surface area contributed by atoms with Crippen molar-refractivity contribution < 1.29 is 9.59 Å². The summed E-state index contributed by atoms with van der Waals surface area (Å²) in [4.78, 5) is 30.0. The molecule has 0 bridgehead atoms. The van der Waals surface area contributed by atoms with Crippen molar-refractivity contribution in [2.45, 2.75) is 52.2 Å². The molecule has 1 aromatic carbocycles. The highest BCUT2D eigenvalue weighted by Crippen LogP contribution is 2.20. The van der Waals surface area contributed by atoms with Gasteiger partial charge in [0.1, 0.15) is 11.9 Å². The first-order valence-electron chi connectivity index (χ1n) is 9.08. The average Bonchev–Trinajstić information content (AvgIpc) is 3.03. The molecule has 6 heteroatoms. The van der Waals surface area contributed by atoms with E-state index in [1.54, 1.807) is 23.2 Å². The third kappa shape index (κ3) is 6.08. The summed E-state index contributed by atoms with van der Waals surface area (Å²) in [7, 11) is 0. The van der Waals surface area contributed by atoms with Crippen LogP contribution in [0.25, 0.3) is 0 Å². The minimum absolute atomic E-state index is 0.0326. The van der Waals surface area contributed by atoms with Crippen LogP contribution in [0.2, 0.25) is 0 Å². The third-order valence-corrected chi connectivity index (χ3v) is 5.62. The topological polar surface area (TPSA) is 40.6 Å². The molecule has 0 saturated heterocycles. The van der Waals surface area contributed by atoms with Crippen LogP contribution in [0, 0.1) is 6.92 Å². The zero-order chi connectivity index (χ0) is 20.0. The van der Waals surface area contributed by atoms with Gasteiger partial charge in [0.15, 0.2) is 0 Å². The van der Waals surface area contributed by atoms with E-state index in [0.717, 1.165) is 10.4 Å². The first-order valence-corrected chi connectivity index (χ1v) is 10.4. The number of hydrogen-bond acceptors (Lipinski definition) is 3. The molecule has 0 fully saturated rings. The standard InChI is InChI=1S/C21H27ClN2O2S/c1-15(2)24(21(26)17(4)22)14-20(25)23(12-18-8-6-5-7-9-18)13-19-16(3)10-11-27-19/h5-11,15,17H,12-14H2,1-4H3/t17-/m1/s1. The molecule has 0 aliphatic carbocycles. The van der Waals surface area contributed by atoms with Gasteiger partial charge in [-0.1, -0.05) is 30.3 Å². The maximum absolute atomic E-state index is 13.1. The van der Waals surface area contributed by atoms with Gasteiger partial charge in [-0.2, -0.15) is 0 Å². The second-order valence-corrected chi connectivity index (χ2v) is 8.59. The highest BCUT2D eigenvalue weighted by molar-refractivity contribution is 7.10. The van der Waals surface area contributed by atoms with Gasteiger partial charge in [-0.15, -0.1) is 22.9 Å². The SMILES string of the molecule is Cc1ccsc1CN(Cc1ccccc1)C(=O)CN(C(=O)[C@@H](C)Cl)C(C)C. The van der Waals surface area contributed by atoms with Gasteiger partial charge in [-0.3, -0.25) is 9.59 Å². The van der Waals surface area contributed by atoms with E-state index in [9.17, 15) is 9.59 Å². The van der Waals surface area contributed by atoms with Crippen molar-refractivity contribution in [3.63, 3.8) is 0 Å². The Hall–Kier alpha value is -1.85. The molecule has 4 nitrogen and oxygen atoms in total. The first-order chi connectivity index (χ1) is 12.8. The van der Waals surface area contributed by atoms with E-state index in [0.29, 0.717) is 13.1 Å². The molecular weight excluding hydrogens is 380 g/mol. The zero-order valence-electron chi connectivity index (χ0n) is 16.3. The Morgan fingerprint density at radius 3 is 2.26 bits per heavy atom. The minimum Gasteiger partial charge on any atom is -0.332 e. The van der Waals surface area contributed by atoms with Crippen LogP contribution in [0.4, 0.5) is 0 Å². The van der Waals surface area contributed by atoms with Crippen molar-refractivity contribution in [3.05, 3.63) is 57.8 Å². The lowest BCUT2D eigenvalue weighted by atomic mass is 10.2. The van der Waals surface area contributed by atoms with Crippen LogP contribution in [-0.4, -0.2) is 39.6 Å². The lowest BCUT2D eigenvalue weighted by Crippen LogP contribution is -2.47. The molecule has 0 aliphatic heterocycles. The second kappa shape index (κ2) is 9.90. The number of carbonyl (C=O) groups excluding carboxylic acids is 2. The van der Waals surface area contributed by atoms with Gasteiger partial charge in [0.2, 0.25) is 11.8 Å². The van der Waals surface area contributed by atoms with Crippen LogP contribution in [-0.2, 0) is 22.7 Å². The Labute approximate surface area is 170 Å². The molecule has 1 heterocycles. The molecule has 0 spiro atoms. The van der Waals surface area contributed by atoms with Gasteiger partial charge < -0.3 is 9.80 Å². The maximum Gasteiger partial charge on any atom is 0.242 e. The van der Waals surface area contributed by atoms with Gasteiger partial charge in [-0.25, -0.2) is 0 Å². The molecule has 146 valence electrons. The number of alkyl halides is 1. The Morgan fingerprint density at radius 2 is 1.74 bits per heavy atom. The monoisotopic (exact) mass is 406 g/mol. The predicted octanol–water partition coefficient (Wildman–Crippen LogP) is 4.45. The molecule has 1 atom stereocenters. The van der Waals surface area contributed by atoms with Crippen LogP contribution in [0.1, 0.15) is 36.8 Å². The summed E-state index contributed by atoms with van der Waals surface area (Å²) in [5.41, 5.74) is 2.24. The molecule has 0 saturated carbocycles. The predicted molar refractivity (Wildman–Crippen MR) is 112 cm³/mol. The lowest BCUT2D eigenvalue weighted by molar-refractivity contribution is -0.142. The van der Waals surface area contributed by atoms with Crippen LogP contribution in [0.5, 0.6) is 0 Å². The zero-order valence-corrected chi connectivity index (χ0v) is 17.9. The number of benzene rings is 1. The molecule has 27 heavy (non-hydrogen) atoms. The van der Waals surface area contributed by atoms with E-state index in [1.165, 1.54) is 5.56 Å². The van der Waals surface area contributed by atoms with Crippen molar-refractivity contribution in [3.8, 4) is 0 Å². The number of thiophene rings is 1. The number of nitrogens with zero attached hydrogens (tertiary/aromatic N) is 2. The van der Waals surface area contributed by atoms with Crippen LogP contribution in [0.3, 0.4) is 0 Å². The van der Waals surface area contributed by atoms with Crippen LogP contribution >= 0.6 is 22.9 Å². The summed E-state index contributed by atoms with van der Waals surface area (Å²) >= 11 is 7.63. The number of hydrogen-bond donors (Lipinski definition) is 0. The van der Waals surface area contributed by atoms with Crippen molar-refractivity contribution in [2.75, 3.05) is 6.54 Å². The highest BCUT2D eigenvalue weighted by Gasteiger charge is 2.26. The minimum atomic E-state index is -0.651. The Morgan fingerprint density at radius 1 is 1.07 bits per heavy atom. The van der Waals surface area contributed by atoms with E-state index >= 15 is 0 Å². The molecule has 0 radical (unpaired) electrons. The van der Waals surface area contributed by atoms with E-state index < -0.39 is 5.38 Å². The molecule has 0 aliphatic rings. The van der Waals surface area contributed by atoms with Gasteiger partial charge >= 0.3 is 0 Å². The van der Waals surface area contributed by atoms with Crippen LogP contribution < -0.4 is 0 Å². The summed E-state index contributed by atoms with van der Waals surface area (Å²) in [5, 5.41) is 1.39. The maximum atomic E-state index is 13.1. The molecule has 1 aromatic heterocycles. The molecule has 2 rings (SSSR count). The summed E-state index contributed by atoms with van der Waals surface area (Å²) in [6, 6.07) is 11.9. The lowest BCUT2D eigenvalue weighted by Gasteiger charge is -2.31. The number of amides is 2. The van der Waals surface area contributed by atoms with Gasteiger partial charge in [0.05, 0.1) is 6.54 Å². The largest absolute Gasteiger partial charge is 0.332 e. The summed E-state index contributed by atoms with van der Waals surface area (Å²) < 4.78 is 0. The summed E-state index contributed by atoms with van der Waals surface area (Å²) in [6.45, 7) is 8.56. The molecule has 0 unspecified atom stereocenters. The van der Waals surface area contributed by atoms with E-state index in [4.69, 9.17) is 11.6 Å². The number of halogens is 1. The molecule has 2 amide bonds. The summed E-state index contributed by atoms with van der Waals surface area (Å²) in [5.74, 6) is -0.294. The molecule has 2 aromatic rings. The number of rotatable bonds is 8. The van der Waals surface area contributed by atoms with E-state index in [2.05, 4.69) is 13.0 Å². The Balaban J connectivity index is 2.21. The fraction of sp³-hybridized carbons (Fsp3) is 0.429.